The average molecular weight is 674 g/mol. The molecule has 0 amide bonds. The van der Waals surface area contributed by atoms with E-state index in [9.17, 15) is 0 Å². The van der Waals surface area contributed by atoms with Gasteiger partial charge in [0.05, 0.1) is 5.41 Å². The lowest BCUT2D eigenvalue weighted by molar-refractivity contribution is 0.669. The van der Waals surface area contributed by atoms with Gasteiger partial charge in [0.25, 0.3) is 0 Å². The number of anilines is 3. The van der Waals surface area contributed by atoms with Crippen molar-refractivity contribution in [1.29, 1.82) is 0 Å². The van der Waals surface area contributed by atoms with Crippen LogP contribution in [-0.4, -0.2) is 0 Å². The maximum Gasteiger partial charge on any atom is 0.137 e. The van der Waals surface area contributed by atoms with Gasteiger partial charge in [0.15, 0.2) is 0 Å². The third-order valence-electron chi connectivity index (χ3n) is 11.8. The van der Waals surface area contributed by atoms with Crippen molar-refractivity contribution in [2.75, 3.05) is 4.90 Å². The molecule has 0 bridgehead atoms. The van der Waals surface area contributed by atoms with Crippen molar-refractivity contribution in [1.82, 2.24) is 0 Å². The average Bonchev–Trinajstić information content (AvgIpc) is 3.84. The van der Waals surface area contributed by atoms with Crippen LogP contribution in [-0.2, 0) is 5.41 Å². The topological polar surface area (TPSA) is 16.4 Å². The Morgan fingerprint density at radius 2 is 0.962 bits per heavy atom. The van der Waals surface area contributed by atoms with E-state index in [-0.39, 0.29) is 0 Å². The van der Waals surface area contributed by atoms with E-state index in [1.807, 2.05) is 12.1 Å². The Labute approximate surface area is 306 Å². The number of furan rings is 1. The Bertz CT molecular complexity index is 3090. The van der Waals surface area contributed by atoms with E-state index in [1.165, 1.54) is 66.1 Å². The summed E-state index contributed by atoms with van der Waals surface area (Å²) in [7, 11) is 0. The summed E-state index contributed by atoms with van der Waals surface area (Å²) < 4.78 is 6.38. The summed E-state index contributed by atoms with van der Waals surface area (Å²) in [4.78, 5) is 2.34. The molecule has 0 N–H and O–H groups in total. The van der Waals surface area contributed by atoms with Crippen molar-refractivity contribution in [3.8, 4) is 22.3 Å². The van der Waals surface area contributed by atoms with Crippen molar-refractivity contribution in [3.63, 3.8) is 0 Å². The summed E-state index contributed by atoms with van der Waals surface area (Å²) in [6.07, 6.45) is 0. The van der Waals surface area contributed by atoms with Crippen LogP contribution in [0.2, 0.25) is 0 Å². The minimum Gasteiger partial charge on any atom is -0.456 e. The zero-order chi connectivity index (χ0) is 34.7. The Balaban J connectivity index is 1.13. The molecule has 1 heterocycles. The van der Waals surface area contributed by atoms with Gasteiger partial charge in [0.2, 0.25) is 0 Å². The number of fused-ring (bicyclic) bond motifs is 16. The molecule has 10 aromatic rings. The molecule has 2 nitrogen and oxygen atoms in total. The van der Waals surface area contributed by atoms with Gasteiger partial charge >= 0.3 is 0 Å². The summed E-state index contributed by atoms with van der Waals surface area (Å²) in [5, 5.41) is 7.29. The number of hydrogen-bond acceptors (Lipinski definition) is 2. The minimum atomic E-state index is -0.436. The molecule has 12 rings (SSSR count). The van der Waals surface area contributed by atoms with Crippen LogP contribution in [0.3, 0.4) is 0 Å². The molecule has 0 radical (unpaired) electrons. The highest BCUT2D eigenvalue weighted by Crippen LogP contribution is 2.64. The quantitative estimate of drug-likeness (QED) is 0.186. The normalized spacial score (nSPS) is 13.4. The molecule has 0 fully saturated rings. The molecule has 1 aromatic heterocycles. The van der Waals surface area contributed by atoms with E-state index in [0.717, 1.165) is 39.0 Å². The fourth-order valence-corrected chi connectivity index (χ4v) is 9.67. The molecule has 246 valence electrons. The highest BCUT2D eigenvalue weighted by Gasteiger charge is 2.52. The van der Waals surface area contributed by atoms with Gasteiger partial charge in [0.1, 0.15) is 11.2 Å². The number of rotatable bonds is 3. The number of nitrogens with zero attached hydrogens (tertiary/aromatic N) is 1. The predicted octanol–water partition coefficient (Wildman–Crippen LogP) is 13.7. The first kappa shape index (κ1) is 28.8. The van der Waals surface area contributed by atoms with Gasteiger partial charge in [-0.2, -0.15) is 0 Å². The first-order valence-electron chi connectivity index (χ1n) is 18.3. The summed E-state index contributed by atoms with van der Waals surface area (Å²) in [5.41, 5.74) is 15.3. The highest BCUT2D eigenvalue weighted by molar-refractivity contribution is 6.08. The van der Waals surface area contributed by atoms with Crippen LogP contribution in [0.4, 0.5) is 17.1 Å². The second-order valence-electron chi connectivity index (χ2n) is 14.4. The fourth-order valence-electron chi connectivity index (χ4n) is 9.67. The zero-order valence-corrected chi connectivity index (χ0v) is 28.8. The van der Waals surface area contributed by atoms with Crippen LogP contribution in [0.5, 0.6) is 0 Å². The van der Waals surface area contributed by atoms with Crippen LogP contribution >= 0.6 is 0 Å². The lowest BCUT2D eigenvalue weighted by atomic mass is 9.69. The van der Waals surface area contributed by atoms with Gasteiger partial charge in [-0.3, -0.25) is 0 Å². The van der Waals surface area contributed by atoms with E-state index in [0.29, 0.717) is 0 Å². The molecule has 53 heavy (non-hydrogen) atoms. The maximum atomic E-state index is 6.38. The monoisotopic (exact) mass is 673 g/mol. The molecule has 9 aromatic carbocycles. The molecule has 0 saturated carbocycles. The van der Waals surface area contributed by atoms with Crippen molar-refractivity contribution in [2.24, 2.45) is 0 Å². The SMILES string of the molecule is c1ccc(N(c2ccc3c4c(ccc3c2)-c2cc3ccccc3cc2C42c3ccccc3-c3ccccc32)c2ccc3c(c2)oc2ccccc23)cc1. The smallest absolute Gasteiger partial charge is 0.137 e. The summed E-state index contributed by atoms with van der Waals surface area (Å²) in [5.74, 6) is 0. The summed E-state index contributed by atoms with van der Waals surface area (Å²) >= 11 is 0. The van der Waals surface area contributed by atoms with Gasteiger partial charge < -0.3 is 9.32 Å². The van der Waals surface area contributed by atoms with Crippen LogP contribution in [0.15, 0.2) is 192 Å². The van der Waals surface area contributed by atoms with Gasteiger partial charge in [-0.25, -0.2) is 0 Å². The molecular weight excluding hydrogens is 643 g/mol. The molecule has 0 unspecified atom stereocenters. The Kier molecular flexibility index (Phi) is 5.73. The molecule has 0 atom stereocenters. The summed E-state index contributed by atoms with van der Waals surface area (Å²) in [6, 6.07) is 69.1. The second kappa shape index (κ2) is 10.6. The summed E-state index contributed by atoms with van der Waals surface area (Å²) in [6.45, 7) is 0. The zero-order valence-electron chi connectivity index (χ0n) is 28.8. The lowest BCUT2D eigenvalue weighted by Gasteiger charge is -2.32. The largest absolute Gasteiger partial charge is 0.456 e. The molecule has 0 aliphatic heterocycles. The van der Waals surface area contributed by atoms with Gasteiger partial charge in [-0.1, -0.05) is 127 Å². The van der Waals surface area contributed by atoms with Gasteiger partial charge in [-0.05, 0) is 121 Å². The molecule has 2 heteroatoms. The van der Waals surface area contributed by atoms with E-state index in [2.05, 4.69) is 181 Å². The Morgan fingerprint density at radius 3 is 1.75 bits per heavy atom. The van der Waals surface area contributed by atoms with Crippen molar-refractivity contribution in [2.45, 2.75) is 5.41 Å². The predicted molar refractivity (Wildman–Crippen MR) is 220 cm³/mol. The van der Waals surface area contributed by atoms with Crippen LogP contribution < -0.4 is 4.90 Å². The van der Waals surface area contributed by atoms with Crippen molar-refractivity contribution in [3.05, 3.63) is 210 Å². The van der Waals surface area contributed by atoms with E-state index in [4.69, 9.17) is 4.42 Å². The fraction of sp³-hybridized carbons (Fsp3) is 0.0196. The molecular formula is C51H31NO. The molecule has 1 spiro atoms. The van der Waals surface area contributed by atoms with Crippen molar-refractivity contribution < 1.29 is 4.42 Å². The van der Waals surface area contributed by atoms with Crippen LogP contribution in [0.25, 0.3) is 65.7 Å². The molecule has 2 aliphatic rings. The van der Waals surface area contributed by atoms with Gasteiger partial charge in [0, 0.05) is 33.9 Å². The highest BCUT2D eigenvalue weighted by atomic mass is 16.3. The minimum absolute atomic E-state index is 0.436. The third kappa shape index (κ3) is 3.82. The number of hydrogen-bond donors (Lipinski definition) is 0. The first-order chi connectivity index (χ1) is 26.3. The Hall–Kier alpha value is -6.90. The van der Waals surface area contributed by atoms with Gasteiger partial charge in [-0.15, -0.1) is 0 Å². The Morgan fingerprint density at radius 1 is 0.340 bits per heavy atom. The lowest BCUT2D eigenvalue weighted by Crippen LogP contribution is -2.26. The van der Waals surface area contributed by atoms with E-state index in [1.54, 1.807) is 0 Å². The second-order valence-corrected chi connectivity index (χ2v) is 14.4. The third-order valence-corrected chi connectivity index (χ3v) is 11.8. The number of benzene rings is 9. The standard InChI is InChI=1S/C51H31NO/c1-2-14-35(15-3-1)52(37-24-27-42-41-18-8-11-21-48(41)53-49(42)31-37)36-23-26-38-34(28-36)22-25-43-44-29-32-12-4-5-13-33(32)30-47(44)51(50(38)43)45-19-9-6-16-39(45)40-17-7-10-20-46(40)51/h1-31H. The molecule has 2 aliphatic carbocycles. The van der Waals surface area contributed by atoms with Crippen molar-refractivity contribution >= 4 is 60.5 Å². The number of para-hydroxylation sites is 2. The van der Waals surface area contributed by atoms with Crippen LogP contribution in [0.1, 0.15) is 22.3 Å². The first-order valence-corrected chi connectivity index (χ1v) is 18.3. The van der Waals surface area contributed by atoms with E-state index < -0.39 is 5.41 Å². The maximum absolute atomic E-state index is 6.38. The molecule has 0 saturated heterocycles. The van der Waals surface area contributed by atoms with E-state index >= 15 is 0 Å². The van der Waals surface area contributed by atoms with Crippen LogP contribution in [0, 0.1) is 0 Å².